The molecular weight excluding hydrogens is 413 g/mol. The molecular formula is C24H30FN3O4. The highest BCUT2D eigenvalue weighted by Crippen LogP contribution is 2.28. The molecule has 0 aliphatic heterocycles. The minimum atomic E-state index is -0.786. The molecule has 0 bridgehead atoms. The topological polar surface area (TPSA) is 100 Å². The van der Waals surface area contributed by atoms with Crippen LogP contribution < -0.4 is 10.6 Å². The van der Waals surface area contributed by atoms with Crippen molar-refractivity contribution in [2.45, 2.75) is 58.4 Å². The Morgan fingerprint density at radius 2 is 1.78 bits per heavy atom. The Bertz CT molecular complexity index is 1070. The standard InChI is InChI=1S/C24H30FN3O4/c1-14-12-17(8-9-18(14)25)26-22(31)19-15(2)20(28(4)16(19)3)21(30)23(32)27-24(13-29)10-6-5-7-11-24/h8-9,12,29H,5-7,10-11,13H2,1-4H3,(H,26,31)(H,27,32). The number of ketones is 1. The van der Waals surface area contributed by atoms with Crippen LogP contribution in [0.1, 0.15) is 69.8 Å². The molecule has 0 spiro atoms. The first kappa shape index (κ1) is 23.7. The van der Waals surface area contributed by atoms with Crippen molar-refractivity contribution in [1.82, 2.24) is 9.88 Å². The average Bonchev–Trinajstić information content (AvgIpc) is 2.99. The number of aliphatic hydroxyl groups is 1. The van der Waals surface area contributed by atoms with Crippen LogP contribution in [0.4, 0.5) is 10.1 Å². The summed E-state index contributed by atoms with van der Waals surface area (Å²) in [5, 5.41) is 15.3. The SMILES string of the molecule is Cc1cc(NC(=O)c2c(C)c(C(=O)C(=O)NC3(CO)CCCCC3)n(C)c2C)ccc1F. The number of nitrogens with zero attached hydrogens (tertiary/aromatic N) is 1. The van der Waals surface area contributed by atoms with Gasteiger partial charge in [0.25, 0.3) is 17.6 Å². The zero-order valence-electron chi connectivity index (χ0n) is 19.0. The zero-order valence-corrected chi connectivity index (χ0v) is 19.0. The second-order valence-corrected chi connectivity index (χ2v) is 8.69. The molecule has 8 heteroatoms. The first-order valence-electron chi connectivity index (χ1n) is 10.8. The highest BCUT2D eigenvalue weighted by molar-refractivity contribution is 6.43. The van der Waals surface area contributed by atoms with Crippen LogP contribution in [0.5, 0.6) is 0 Å². The summed E-state index contributed by atoms with van der Waals surface area (Å²) in [6.45, 7) is 4.70. The maximum atomic E-state index is 13.5. The molecule has 32 heavy (non-hydrogen) atoms. The number of Topliss-reactive ketones (excluding diaryl/α,β-unsaturated/α-hetero) is 1. The van der Waals surface area contributed by atoms with Gasteiger partial charge in [0.2, 0.25) is 0 Å². The summed E-state index contributed by atoms with van der Waals surface area (Å²) in [5.74, 6) is -2.35. The Balaban J connectivity index is 1.86. The maximum absolute atomic E-state index is 13.5. The second kappa shape index (κ2) is 9.24. The lowest BCUT2D eigenvalue weighted by Gasteiger charge is -2.36. The Kier molecular flexibility index (Phi) is 6.83. The lowest BCUT2D eigenvalue weighted by molar-refractivity contribution is -0.120. The van der Waals surface area contributed by atoms with Crippen molar-refractivity contribution in [3.63, 3.8) is 0 Å². The summed E-state index contributed by atoms with van der Waals surface area (Å²) in [5.41, 5.74) is 1.40. The van der Waals surface area contributed by atoms with E-state index in [0.717, 1.165) is 19.3 Å². The predicted molar refractivity (Wildman–Crippen MR) is 119 cm³/mol. The molecule has 2 aromatic rings. The van der Waals surface area contributed by atoms with Gasteiger partial charge in [-0.3, -0.25) is 14.4 Å². The van der Waals surface area contributed by atoms with Crippen LogP contribution >= 0.6 is 0 Å². The van der Waals surface area contributed by atoms with E-state index in [-0.39, 0.29) is 18.1 Å². The number of aliphatic hydroxyl groups excluding tert-OH is 1. The van der Waals surface area contributed by atoms with E-state index in [0.29, 0.717) is 40.9 Å². The lowest BCUT2D eigenvalue weighted by atomic mass is 9.82. The molecule has 1 aromatic heterocycles. The molecule has 1 aliphatic carbocycles. The largest absolute Gasteiger partial charge is 0.394 e. The van der Waals surface area contributed by atoms with Crippen LogP contribution in [-0.4, -0.2) is 39.4 Å². The molecule has 1 aliphatic rings. The van der Waals surface area contributed by atoms with E-state index in [1.807, 2.05) is 0 Å². The number of hydrogen-bond donors (Lipinski definition) is 3. The molecule has 0 radical (unpaired) electrons. The number of hydrogen-bond acceptors (Lipinski definition) is 4. The third-order valence-electron chi connectivity index (χ3n) is 6.49. The van der Waals surface area contributed by atoms with E-state index in [4.69, 9.17) is 0 Å². The van der Waals surface area contributed by atoms with Crippen LogP contribution in [0.3, 0.4) is 0 Å². The molecule has 1 heterocycles. The number of amides is 2. The minimum Gasteiger partial charge on any atom is -0.394 e. The summed E-state index contributed by atoms with van der Waals surface area (Å²) in [6, 6.07) is 4.27. The average molecular weight is 444 g/mol. The van der Waals surface area contributed by atoms with E-state index in [1.54, 1.807) is 27.8 Å². The van der Waals surface area contributed by atoms with E-state index < -0.39 is 23.1 Å². The normalized spacial score (nSPS) is 15.3. The Morgan fingerprint density at radius 3 is 2.38 bits per heavy atom. The third-order valence-corrected chi connectivity index (χ3v) is 6.49. The molecule has 3 N–H and O–H groups in total. The lowest BCUT2D eigenvalue weighted by Crippen LogP contribution is -2.54. The maximum Gasteiger partial charge on any atom is 0.294 e. The predicted octanol–water partition coefficient (Wildman–Crippen LogP) is 3.34. The molecule has 1 saturated carbocycles. The summed E-state index contributed by atoms with van der Waals surface area (Å²) < 4.78 is 15.1. The molecule has 0 saturated heterocycles. The molecule has 1 aromatic carbocycles. The molecule has 172 valence electrons. The summed E-state index contributed by atoms with van der Waals surface area (Å²) in [4.78, 5) is 38.8. The Hall–Kier alpha value is -3.00. The van der Waals surface area contributed by atoms with Crippen molar-refractivity contribution in [1.29, 1.82) is 0 Å². The Morgan fingerprint density at radius 1 is 1.12 bits per heavy atom. The van der Waals surface area contributed by atoms with Gasteiger partial charge in [-0.05, 0) is 62.9 Å². The van der Waals surface area contributed by atoms with Gasteiger partial charge in [0.05, 0.1) is 23.4 Å². The van der Waals surface area contributed by atoms with Gasteiger partial charge in [0.15, 0.2) is 0 Å². The molecule has 1 fully saturated rings. The monoisotopic (exact) mass is 443 g/mol. The van der Waals surface area contributed by atoms with Crippen LogP contribution in [0, 0.1) is 26.6 Å². The van der Waals surface area contributed by atoms with Crippen molar-refractivity contribution >= 4 is 23.3 Å². The summed E-state index contributed by atoms with van der Waals surface area (Å²) in [6.07, 6.45) is 4.04. The van der Waals surface area contributed by atoms with Gasteiger partial charge < -0.3 is 20.3 Å². The molecule has 2 amide bonds. The molecule has 0 atom stereocenters. The number of benzene rings is 1. The van der Waals surface area contributed by atoms with E-state index in [2.05, 4.69) is 10.6 Å². The van der Waals surface area contributed by atoms with E-state index in [1.165, 1.54) is 22.8 Å². The highest BCUT2D eigenvalue weighted by Gasteiger charge is 2.36. The van der Waals surface area contributed by atoms with Crippen molar-refractivity contribution < 1.29 is 23.9 Å². The summed E-state index contributed by atoms with van der Waals surface area (Å²) in [7, 11) is 1.63. The minimum absolute atomic E-state index is 0.129. The van der Waals surface area contributed by atoms with E-state index >= 15 is 0 Å². The first-order chi connectivity index (χ1) is 15.1. The van der Waals surface area contributed by atoms with Gasteiger partial charge in [0.1, 0.15) is 5.82 Å². The van der Waals surface area contributed by atoms with Crippen molar-refractivity contribution in [2.24, 2.45) is 7.05 Å². The van der Waals surface area contributed by atoms with Gasteiger partial charge in [-0.25, -0.2) is 4.39 Å². The smallest absolute Gasteiger partial charge is 0.294 e. The number of aryl methyl sites for hydroxylation is 1. The van der Waals surface area contributed by atoms with Crippen LogP contribution in [0.25, 0.3) is 0 Å². The van der Waals surface area contributed by atoms with E-state index in [9.17, 15) is 23.9 Å². The number of nitrogens with one attached hydrogen (secondary N) is 2. The number of carbonyl (C=O) groups is 3. The van der Waals surface area contributed by atoms with Crippen LogP contribution in [-0.2, 0) is 11.8 Å². The van der Waals surface area contributed by atoms with Crippen LogP contribution in [0.2, 0.25) is 0 Å². The number of carbonyl (C=O) groups excluding carboxylic acids is 3. The van der Waals surface area contributed by atoms with Gasteiger partial charge in [0, 0.05) is 18.4 Å². The fourth-order valence-corrected chi connectivity index (χ4v) is 4.51. The van der Waals surface area contributed by atoms with Gasteiger partial charge >= 0.3 is 0 Å². The third kappa shape index (κ3) is 4.46. The first-order valence-corrected chi connectivity index (χ1v) is 10.8. The number of anilines is 1. The fraction of sp³-hybridized carbons (Fsp3) is 0.458. The zero-order chi connectivity index (χ0) is 23.6. The number of aromatic nitrogens is 1. The Labute approximate surface area is 187 Å². The van der Waals surface area contributed by atoms with Gasteiger partial charge in [-0.1, -0.05) is 19.3 Å². The van der Waals surface area contributed by atoms with Crippen molar-refractivity contribution in [3.8, 4) is 0 Å². The second-order valence-electron chi connectivity index (χ2n) is 8.69. The fourth-order valence-electron chi connectivity index (χ4n) is 4.51. The summed E-state index contributed by atoms with van der Waals surface area (Å²) >= 11 is 0. The number of halogens is 1. The van der Waals surface area contributed by atoms with Gasteiger partial charge in [-0.2, -0.15) is 0 Å². The number of rotatable bonds is 6. The van der Waals surface area contributed by atoms with Crippen molar-refractivity contribution in [2.75, 3.05) is 11.9 Å². The van der Waals surface area contributed by atoms with Gasteiger partial charge in [-0.15, -0.1) is 0 Å². The quantitative estimate of drug-likeness (QED) is 0.471. The van der Waals surface area contributed by atoms with Crippen molar-refractivity contribution in [3.05, 3.63) is 52.1 Å². The van der Waals surface area contributed by atoms with Crippen LogP contribution in [0.15, 0.2) is 18.2 Å². The molecule has 3 rings (SSSR count). The molecule has 0 unspecified atom stereocenters. The highest BCUT2D eigenvalue weighted by atomic mass is 19.1. The molecule has 7 nitrogen and oxygen atoms in total.